The fourth-order valence-corrected chi connectivity index (χ4v) is 4.80. The van der Waals surface area contributed by atoms with Crippen LogP contribution in [0.1, 0.15) is 29.6 Å². The second-order valence-electron chi connectivity index (χ2n) is 6.27. The number of hydrogen-bond donors (Lipinski definition) is 1. The lowest BCUT2D eigenvalue weighted by atomic mass is 10.1. The summed E-state index contributed by atoms with van der Waals surface area (Å²) in [5.74, 6) is -0.0783. The quantitative estimate of drug-likeness (QED) is 0.501. The Labute approximate surface area is 168 Å². The minimum atomic E-state index is -3.46. The van der Waals surface area contributed by atoms with E-state index in [-0.39, 0.29) is 17.2 Å². The number of anilines is 1. The van der Waals surface area contributed by atoms with Crippen LogP contribution in [0.5, 0.6) is 0 Å². The van der Waals surface area contributed by atoms with Gasteiger partial charge in [0.1, 0.15) is 0 Å². The Bertz CT molecular complexity index is 859. The van der Waals surface area contributed by atoms with Crippen LogP contribution in [0.4, 0.5) is 5.69 Å². The summed E-state index contributed by atoms with van der Waals surface area (Å²) in [7, 11) is -3.46. The molecule has 1 fully saturated rings. The van der Waals surface area contributed by atoms with E-state index in [1.807, 2.05) is 24.3 Å². The summed E-state index contributed by atoms with van der Waals surface area (Å²) in [6.07, 6.45) is 2.88. The normalized spacial score (nSPS) is 15.6. The number of rotatable bonds is 6. The number of ketones is 1. The summed E-state index contributed by atoms with van der Waals surface area (Å²) in [5.41, 5.74) is 1.38. The van der Waals surface area contributed by atoms with E-state index in [9.17, 15) is 13.2 Å². The molecular formula is C19H21IN2O3S. The molecule has 0 aromatic heterocycles. The number of piperidine rings is 1. The first-order chi connectivity index (χ1) is 12.5. The molecule has 5 nitrogen and oxygen atoms in total. The van der Waals surface area contributed by atoms with Crippen molar-refractivity contribution in [3.05, 3.63) is 57.7 Å². The first kappa shape index (κ1) is 19.3. The standard InChI is InChI=1S/C19H21IN2O3S/c20-16-6-8-17(9-7-16)21-14-19(23)15-4-10-18(11-5-15)26(24,25)22-12-2-1-3-13-22/h4-11,21H,1-3,12-14H2. The number of Topliss-reactive ketones (excluding diaryl/α,β-unsaturated/α-hetero) is 1. The summed E-state index contributed by atoms with van der Waals surface area (Å²) >= 11 is 2.23. The van der Waals surface area contributed by atoms with Crippen LogP contribution >= 0.6 is 22.6 Å². The number of carbonyl (C=O) groups is 1. The van der Waals surface area contributed by atoms with Crippen molar-refractivity contribution in [1.29, 1.82) is 0 Å². The maximum Gasteiger partial charge on any atom is 0.243 e. The van der Waals surface area contributed by atoms with Gasteiger partial charge in [0.05, 0.1) is 11.4 Å². The molecule has 1 N–H and O–H groups in total. The average Bonchev–Trinajstić information content (AvgIpc) is 2.68. The molecule has 1 saturated heterocycles. The zero-order chi connectivity index (χ0) is 18.6. The highest BCUT2D eigenvalue weighted by Gasteiger charge is 2.25. The third-order valence-electron chi connectivity index (χ3n) is 4.43. The van der Waals surface area contributed by atoms with Crippen LogP contribution in [0.3, 0.4) is 0 Å². The van der Waals surface area contributed by atoms with Crippen molar-refractivity contribution in [2.24, 2.45) is 0 Å². The van der Waals surface area contributed by atoms with Gasteiger partial charge in [-0.1, -0.05) is 6.42 Å². The molecule has 138 valence electrons. The summed E-state index contributed by atoms with van der Waals surface area (Å²) in [6.45, 7) is 1.31. The molecule has 1 aliphatic rings. The third-order valence-corrected chi connectivity index (χ3v) is 7.06. The zero-order valence-electron chi connectivity index (χ0n) is 14.3. The molecule has 0 amide bonds. The predicted molar refractivity (Wildman–Crippen MR) is 111 cm³/mol. The Morgan fingerprint density at radius 3 is 2.19 bits per heavy atom. The highest BCUT2D eigenvalue weighted by molar-refractivity contribution is 14.1. The first-order valence-corrected chi connectivity index (χ1v) is 11.1. The highest BCUT2D eigenvalue weighted by atomic mass is 127. The molecule has 2 aromatic carbocycles. The molecule has 0 bridgehead atoms. The van der Waals surface area contributed by atoms with Crippen molar-refractivity contribution in [2.45, 2.75) is 24.2 Å². The topological polar surface area (TPSA) is 66.5 Å². The van der Waals surface area contributed by atoms with E-state index in [4.69, 9.17) is 0 Å². The van der Waals surface area contributed by atoms with Crippen LogP contribution in [0.2, 0.25) is 0 Å². The molecule has 1 aliphatic heterocycles. The predicted octanol–water partition coefficient (Wildman–Crippen LogP) is 3.76. The molecule has 0 radical (unpaired) electrons. The average molecular weight is 484 g/mol. The Balaban J connectivity index is 1.64. The fraction of sp³-hybridized carbons (Fsp3) is 0.316. The van der Waals surface area contributed by atoms with Crippen LogP contribution in [-0.4, -0.2) is 38.1 Å². The number of benzene rings is 2. The second-order valence-corrected chi connectivity index (χ2v) is 9.46. The summed E-state index contributed by atoms with van der Waals surface area (Å²) in [4.78, 5) is 12.6. The largest absolute Gasteiger partial charge is 0.378 e. The molecule has 26 heavy (non-hydrogen) atoms. The first-order valence-electron chi connectivity index (χ1n) is 8.60. The Kier molecular flexibility index (Phi) is 6.31. The van der Waals surface area contributed by atoms with Gasteiger partial charge in [0.2, 0.25) is 10.0 Å². The molecule has 0 spiro atoms. The van der Waals surface area contributed by atoms with Gasteiger partial charge in [0, 0.05) is 27.9 Å². The van der Waals surface area contributed by atoms with Gasteiger partial charge in [-0.3, -0.25) is 4.79 Å². The van der Waals surface area contributed by atoms with Gasteiger partial charge >= 0.3 is 0 Å². The monoisotopic (exact) mass is 484 g/mol. The van der Waals surface area contributed by atoms with Crippen molar-refractivity contribution >= 4 is 44.1 Å². The fourth-order valence-electron chi connectivity index (χ4n) is 2.92. The second kappa shape index (κ2) is 8.49. The molecule has 3 rings (SSSR count). The maximum atomic E-state index is 12.6. The van der Waals surface area contributed by atoms with Gasteiger partial charge in [-0.2, -0.15) is 4.31 Å². The van der Waals surface area contributed by atoms with E-state index in [0.717, 1.165) is 28.5 Å². The van der Waals surface area contributed by atoms with Gasteiger partial charge < -0.3 is 5.32 Å². The number of carbonyl (C=O) groups excluding carboxylic acids is 1. The summed E-state index contributed by atoms with van der Waals surface area (Å²) in [5, 5.41) is 3.09. The zero-order valence-corrected chi connectivity index (χ0v) is 17.3. The molecule has 0 atom stereocenters. The third kappa shape index (κ3) is 4.63. The maximum absolute atomic E-state index is 12.6. The molecule has 1 heterocycles. The van der Waals surface area contributed by atoms with Crippen molar-refractivity contribution in [2.75, 3.05) is 25.0 Å². The smallest absolute Gasteiger partial charge is 0.243 e. The van der Waals surface area contributed by atoms with Crippen LogP contribution in [-0.2, 0) is 10.0 Å². The van der Waals surface area contributed by atoms with Gasteiger partial charge in [-0.25, -0.2) is 8.42 Å². The van der Waals surface area contributed by atoms with Gasteiger partial charge in [-0.15, -0.1) is 0 Å². The van der Waals surface area contributed by atoms with E-state index in [2.05, 4.69) is 27.9 Å². The van der Waals surface area contributed by atoms with Crippen molar-refractivity contribution in [3.63, 3.8) is 0 Å². The molecular weight excluding hydrogens is 463 g/mol. The number of nitrogens with one attached hydrogen (secondary N) is 1. The van der Waals surface area contributed by atoms with Crippen LogP contribution in [0, 0.1) is 3.57 Å². The van der Waals surface area contributed by atoms with E-state index < -0.39 is 10.0 Å². The molecule has 0 aliphatic carbocycles. The van der Waals surface area contributed by atoms with E-state index in [1.165, 1.54) is 16.4 Å². The highest BCUT2D eigenvalue weighted by Crippen LogP contribution is 2.21. The van der Waals surface area contributed by atoms with Crippen molar-refractivity contribution in [3.8, 4) is 0 Å². The van der Waals surface area contributed by atoms with Gasteiger partial charge in [0.15, 0.2) is 5.78 Å². The Hall–Kier alpha value is -1.45. The minimum absolute atomic E-state index is 0.0783. The lowest BCUT2D eigenvalue weighted by molar-refractivity contribution is 0.101. The molecule has 7 heteroatoms. The van der Waals surface area contributed by atoms with Crippen molar-refractivity contribution < 1.29 is 13.2 Å². The van der Waals surface area contributed by atoms with E-state index in [0.29, 0.717) is 18.7 Å². The van der Waals surface area contributed by atoms with E-state index in [1.54, 1.807) is 12.1 Å². The number of sulfonamides is 1. The molecule has 0 unspecified atom stereocenters. The number of hydrogen-bond acceptors (Lipinski definition) is 4. The number of halogens is 1. The van der Waals surface area contributed by atoms with Crippen LogP contribution in [0.25, 0.3) is 0 Å². The van der Waals surface area contributed by atoms with Gasteiger partial charge in [0.25, 0.3) is 0 Å². The Morgan fingerprint density at radius 1 is 0.962 bits per heavy atom. The minimum Gasteiger partial charge on any atom is -0.378 e. The van der Waals surface area contributed by atoms with Crippen LogP contribution < -0.4 is 5.32 Å². The van der Waals surface area contributed by atoms with E-state index >= 15 is 0 Å². The summed E-state index contributed by atoms with van der Waals surface area (Å²) in [6, 6.07) is 14.0. The lowest BCUT2D eigenvalue weighted by Crippen LogP contribution is -2.35. The van der Waals surface area contributed by atoms with Crippen LogP contribution in [0.15, 0.2) is 53.4 Å². The summed E-state index contributed by atoms with van der Waals surface area (Å²) < 4.78 is 27.9. The number of nitrogens with zero attached hydrogens (tertiary/aromatic N) is 1. The molecule has 2 aromatic rings. The van der Waals surface area contributed by atoms with Crippen molar-refractivity contribution in [1.82, 2.24) is 4.31 Å². The van der Waals surface area contributed by atoms with Gasteiger partial charge in [-0.05, 0) is 84.0 Å². The SMILES string of the molecule is O=C(CNc1ccc(I)cc1)c1ccc(S(=O)(=O)N2CCCCC2)cc1. The Morgan fingerprint density at radius 2 is 1.58 bits per heavy atom. The lowest BCUT2D eigenvalue weighted by Gasteiger charge is -2.25. The molecule has 0 saturated carbocycles.